The minimum absolute atomic E-state index is 0.0859. The molecule has 0 aliphatic carbocycles. The molecule has 32 heavy (non-hydrogen) atoms. The van der Waals surface area contributed by atoms with Crippen LogP contribution in [0, 0.1) is 0 Å². The van der Waals surface area contributed by atoms with E-state index in [1.54, 1.807) is 25.2 Å². The molecule has 0 saturated carbocycles. The van der Waals surface area contributed by atoms with E-state index < -0.39 is 0 Å². The van der Waals surface area contributed by atoms with Crippen molar-refractivity contribution in [2.45, 2.75) is 26.4 Å². The number of tetrazole rings is 1. The van der Waals surface area contributed by atoms with Gasteiger partial charge in [0.25, 0.3) is 0 Å². The Bertz CT molecular complexity index is 1070. The van der Waals surface area contributed by atoms with Crippen LogP contribution in [-0.2, 0) is 28.1 Å². The normalized spacial score (nSPS) is 11.5. The first-order valence-electron chi connectivity index (χ1n) is 10.0. The lowest BCUT2D eigenvalue weighted by atomic mass is 10.1. The number of carbonyl (C=O) groups is 1. The molecule has 0 fully saturated rings. The van der Waals surface area contributed by atoms with Crippen LogP contribution in [0.25, 0.3) is 0 Å². The first kappa shape index (κ1) is 22.5. The van der Waals surface area contributed by atoms with E-state index in [1.165, 1.54) is 10.9 Å². The van der Waals surface area contributed by atoms with Crippen molar-refractivity contribution >= 4 is 23.7 Å². The predicted molar refractivity (Wildman–Crippen MR) is 118 cm³/mol. The quantitative estimate of drug-likeness (QED) is 0.277. The van der Waals surface area contributed by atoms with E-state index in [-0.39, 0.29) is 18.9 Å². The molecule has 2 heterocycles. The lowest BCUT2D eigenvalue weighted by Crippen LogP contribution is -2.13. The molecule has 11 nitrogen and oxygen atoms in total. The number of aromatic nitrogens is 5. The van der Waals surface area contributed by atoms with Crippen LogP contribution in [0.3, 0.4) is 0 Å². The smallest absolute Gasteiger partial charge is 0.231 e. The summed E-state index contributed by atoms with van der Waals surface area (Å²) in [7, 11) is 1.72. The molecule has 0 spiro atoms. The van der Waals surface area contributed by atoms with E-state index in [2.05, 4.69) is 36.1 Å². The van der Waals surface area contributed by atoms with Crippen molar-refractivity contribution in [2.75, 3.05) is 11.9 Å². The molecule has 1 amide bonds. The molecule has 0 radical (unpaired) electrons. The van der Waals surface area contributed by atoms with Crippen molar-refractivity contribution in [3.63, 3.8) is 0 Å². The van der Waals surface area contributed by atoms with Gasteiger partial charge in [-0.25, -0.2) is 9.67 Å². The molecule has 0 bridgehead atoms. The molecule has 0 atom stereocenters. The fourth-order valence-electron chi connectivity index (χ4n) is 2.55. The summed E-state index contributed by atoms with van der Waals surface area (Å²) in [5.41, 5.74) is 1.89. The van der Waals surface area contributed by atoms with Gasteiger partial charge in [-0.3, -0.25) is 4.79 Å². The number of aryl methyl sites for hydroxylation is 1. The van der Waals surface area contributed by atoms with Crippen LogP contribution in [0.4, 0.5) is 5.82 Å². The van der Waals surface area contributed by atoms with E-state index in [1.807, 2.05) is 37.3 Å². The highest BCUT2D eigenvalue weighted by atomic mass is 16.6. The van der Waals surface area contributed by atoms with E-state index >= 15 is 0 Å². The van der Waals surface area contributed by atoms with Crippen LogP contribution in [0.2, 0.25) is 0 Å². The number of carbonyl (C=O) groups excluding carboxylic acids is 1. The summed E-state index contributed by atoms with van der Waals surface area (Å²) >= 11 is 0. The van der Waals surface area contributed by atoms with Crippen LogP contribution in [0.1, 0.15) is 36.8 Å². The maximum absolute atomic E-state index is 12.0. The monoisotopic (exact) mass is 436 g/mol. The first-order valence-corrected chi connectivity index (χ1v) is 10.0. The summed E-state index contributed by atoms with van der Waals surface area (Å²) < 4.78 is 1.51. The Morgan fingerprint density at radius 2 is 2.00 bits per heavy atom. The van der Waals surface area contributed by atoms with E-state index in [0.29, 0.717) is 29.7 Å². The van der Waals surface area contributed by atoms with Gasteiger partial charge in [0.1, 0.15) is 12.4 Å². The SMILES string of the molecule is CCCON=CCC(=O)Nc1cccc(CO/N=C(\c2ccccc2)c2nnnn2C)n1. The molecule has 3 aromatic rings. The third-order valence-corrected chi connectivity index (χ3v) is 4.04. The number of hydrogen-bond donors (Lipinski definition) is 1. The van der Waals surface area contributed by atoms with E-state index in [9.17, 15) is 4.79 Å². The van der Waals surface area contributed by atoms with Gasteiger partial charge in [-0.2, -0.15) is 0 Å². The molecule has 166 valence electrons. The Hall–Kier alpha value is -4.15. The zero-order valence-corrected chi connectivity index (χ0v) is 17.9. The number of amides is 1. The zero-order valence-electron chi connectivity index (χ0n) is 17.9. The first-order chi connectivity index (χ1) is 15.7. The highest BCUT2D eigenvalue weighted by molar-refractivity contribution is 6.10. The molecular formula is C21H24N8O3. The number of nitrogens with zero attached hydrogens (tertiary/aromatic N) is 7. The Morgan fingerprint density at radius 3 is 2.75 bits per heavy atom. The third kappa shape index (κ3) is 6.69. The van der Waals surface area contributed by atoms with Gasteiger partial charge >= 0.3 is 0 Å². The number of nitrogens with one attached hydrogen (secondary N) is 1. The van der Waals surface area contributed by atoms with Crippen molar-refractivity contribution in [2.24, 2.45) is 17.4 Å². The van der Waals surface area contributed by atoms with Crippen molar-refractivity contribution in [3.05, 3.63) is 65.6 Å². The molecule has 0 aliphatic rings. The van der Waals surface area contributed by atoms with Crippen molar-refractivity contribution in [1.82, 2.24) is 25.2 Å². The number of hydrogen-bond acceptors (Lipinski definition) is 9. The van der Waals surface area contributed by atoms with E-state index in [0.717, 1.165) is 12.0 Å². The lowest BCUT2D eigenvalue weighted by molar-refractivity contribution is -0.115. The van der Waals surface area contributed by atoms with Gasteiger partial charge < -0.3 is 15.0 Å². The highest BCUT2D eigenvalue weighted by Crippen LogP contribution is 2.10. The maximum atomic E-state index is 12.0. The van der Waals surface area contributed by atoms with Crippen LogP contribution >= 0.6 is 0 Å². The van der Waals surface area contributed by atoms with Crippen LogP contribution < -0.4 is 5.32 Å². The standard InChI is InChI=1S/C21H24N8O3/c1-3-14-31-22-13-12-19(30)24-18-11-7-10-17(23-18)15-32-26-20(16-8-5-4-6-9-16)21-25-27-28-29(21)2/h4-11,13H,3,12,14-15H2,1-2H3,(H,23,24,30)/b22-13?,26-20+. The molecule has 2 aromatic heterocycles. The summed E-state index contributed by atoms with van der Waals surface area (Å²) in [6.45, 7) is 2.59. The Morgan fingerprint density at radius 1 is 1.16 bits per heavy atom. The Labute approximate surface area is 185 Å². The van der Waals surface area contributed by atoms with Gasteiger partial charge in [0.15, 0.2) is 12.3 Å². The maximum Gasteiger partial charge on any atom is 0.231 e. The van der Waals surface area contributed by atoms with Gasteiger partial charge in [-0.05, 0) is 29.0 Å². The van der Waals surface area contributed by atoms with E-state index in [4.69, 9.17) is 9.68 Å². The summed E-state index contributed by atoms with van der Waals surface area (Å²) in [5, 5.41) is 22.2. The lowest BCUT2D eigenvalue weighted by Gasteiger charge is -2.07. The average molecular weight is 436 g/mol. The number of oxime groups is 2. The van der Waals surface area contributed by atoms with Crippen LogP contribution in [0.15, 0.2) is 58.8 Å². The van der Waals surface area contributed by atoms with Crippen molar-refractivity contribution < 1.29 is 14.5 Å². The molecule has 3 rings (SSSR count). The topological polar surface area (TPSA) is 129 Å². The van der Waals surface area contributed by atoms with Gasteiger partial charge in [0.2, 0.25) is 11.7 Å². The summed E-state index contributed by atoms with van der Waals surface area (Å²) in [6, 6.07) is 14.7. The molecule has 0 saturated heterocycles. The zero-order chi connectivity index (χ0) is 22.6. The van der Waals surface area contributed by atoms with Crippen molar-refractivity contribution in [3.8, 4) is 0 Å². The minimum atomic E-state index is -0.251. The largest absolute Gasteiger partial charge is 0.396 e. The second-order valence-electron chi connectivity index (χ2n) is 6.59. The van der Waals surface area contributed by atoms with Gasteiger partial charge in [0.05, 0.1) is 18.3 Å². The average Bonchev–Trinajstić information content (AvgIpc) is 3.23. The van der Waals surface area contributed by atoms with Crippen LogP contribution in [-0.4, -0.2) is 49.6 Å². The number of benzene rings is 1. The fourth-order valence-corrected chi connectivity index (χ4v) is 2.55. The molecule has 0 aliphatic heterocycles. The number of rotatable bonds is 11. The van der Waals surface area contributed by atoms with Gasteiger partial charge in [0, 0.05) is 12.6 Å². The molecule has 1 aromatic carbocycles. The Kier molecular flexibility index (Phi) is 8.37. The molecular weight excluding hydrogens is 412 g/mol. The van der Waals surface area contributed by atoms with Crippen LogP contribution in [0.5, 0.6) is 0 Å². The number of pyridine rings is 1. The molecule has 11 heteroatoms. The summed E-state index contributed by atoms with van der Waals surface area (Å²) in [6.07, 6.45) is 2.36. The number of anilines is 1. The highest BCUT2D eigenvalue weighted by Gasteiger charge is 2.14. The minimum Gasteiger partial charge on any atom is -0.396 e. The predicted octanol–water partition coefficient (Wildman–Crippen LogP) is 2.32. The second-order valence-corrected chi connectivity index (χ2v) is 6.59. The van der Waals surface area contributed by atoms with Crippen molar-refractivity contribution in [1.29, 1.82) is 0 Å². The molecule has 1 N–H and O–H groups in total. The second kappa shape index (κ2) is 11.9. The fraction of sp³-hybridized carbons (Fsp3) is 0.286. The third-order valence-electron chi connectivity index (χ3n) is 4.04. The van der Waals surface area contributed by atoms with Gasteiger partial charge in [-0.15, -0.1) is 5.10 Å². The molecule has 0 unspecified atom stereocenters. The Balaban J connectivity index is 1.62. The summed E-state index contributed by atoms with van der Waals surface area (Å²) in [4.78, 5) is 26.9. The van der Waals surface area contributed by atoms with Gasteiger partial charge in [-0.1, -0.05) is 53.6 Å². The summed E-state index contributed by atoms with van der Waals surface area (Å²) in [5.74, 6) is 0.622.